The molecule has 168 valence electrons. The Hall–Kier alpha value is -2.55. The van der Waals surface area contributed by atoms with Crippen LogP contribution in [0.25, 0.3) is 0 Å². The lowest BCUT2D eigenvalue weighted by atomic mass is 9.94. The molecule has 0 aliphatic carbocycles. The standard InChI is InChI=1S/C23H22ClF2N3O2S/c24-18-14-21(32(30,31)28-23-11-6-10-22(26)27-23)19(25)13-17(18)15-29-12-5-4-9-20(29)16-7-2-1-3-8-16/h1-3,6-8,10-11,13-14,20H,4-5,9,12,15H2,(H,27,28)/t20-/m1/s1. The predicted octanol–water partition coefficient (Wildman–Crippen LogP) is 5.54. The molecular formula is C23H22ClF2N3O2S. The normalized spacial score (nSPS) is 17.3. The summed E-state index contributed by atoms with van der Waals surface area (Å²) in [4.78, 5) is 5.07. The monoisotopic (exact) mass is 477 g/mol. The van der Waals surface area contributed by atoms with Gasteiger partial charge in [0.1, 0.15) is 16.5 Å². The van der Waals surface area contributed by atoms with Gasteiger partial charge in [-0.3, -0.25) is 9.62 Å². The minimum absolute atomic E-state index is 0.149. The van der Waals surface area contributed by atoms with E-state index in [1.54, 1.807) is 0 Å². The van der Waals surface area contributed by atoms with Gasteiger partial charge in [-0.05, 0) is 54.8 Å². The smallest absolute Gasteiger partial charge is 0.266 e. The molecule has 0 bridgehead atoms. The third-order valence-corrected chi connectivity index (χ3v) is 7.24. The molecule has 3 aromatic rings. The molecule has 0 saturated carbocycles. The molecule has 2 aromatic carbocycles. The van der Waals surface area contributed by atoms with Crippen molar-refractivity contribution in [3.05, 3.63) is 88.6 Å². The number of anilines is 1. The van der Waals surface area contributed by atoms with Gasteiger partial charge in [-0.1, -0.05) is 54.4 Å². The maximum Gasteiger partial charge on any atom is 0.266 e. The fourth-order valence-electron chi connectivity index (χ4n) is 4.01. The number of rotatable bonds is 6. The van der Waals surface area contributed by atoms with Crippen molar-refractivity contribution in [2.24, 2.45) is 0 Å². The van der Waals surface area contributed by atoms with E-state index in [0.717, 1.165) is 44.0 Å². The van der Waals surface area contributed by atoms with Gasteiger partial charge < -0.3 is 0 Å². The lowest BCUT2D eigenvalue weighted by Crippen LogP contribution is -2.33. The quantitative estimate of drug-likeness (QED) is 0.473. The zero-order valence-corrected chi connectivity index (χ0v) is 18.7. The van der Waals surface area contributed by atoms with E-state index in [0.29, 0.717) is 12.1 Å². The molecule has 32 heavy (non-hydrogen) atoms. The highest BCUT2D eigenvalue weighted by Gasteiger charge is 2.27. The summed E-state index contributed by atoms with van der Waals surface area (Å²) in [7, 11) is -4.34. The van der Waals surface area contributed by atoms with Gasteiger partial charge >= 0.3 is 0 Å². The molecule has 1 aromatic heterocycles. The summed E-state index contributed by atoms with van der Waals surface area (Å²) in [5.41, 5.74) is 1.70. The number of nitrogens with one attached hydrogen (secondary N) is 1. The molecule has 0 unspecified atom stereocenters. The summed E-state index contributed by atoms with van der Waals surface area (Å²) in [5, 5.41) is 0.149. The summed E-state index contributed by atoms with van der Waals surface area (Å²) in [6.07, 6.45) is 3.12. The number of benzene rings is 2. The van der Waals surface area contributed by atoms with E-state index in [1.165, 1.54) is 17.7 Å². The molecule has 1 fully saturated rings. The number of aromatic nitrogens is 1. The molecular weight excluding hydrogens is 456 g/mol. The van der Waals surface area contributed by atoms with Crippen LogP contribution in [0.15, 0.2) is 65.6 Å². The Morgan fingerprint density at radius 1 is 1.06 bits per heavy atom. The largest absolute Gasteiger partial charge is 0.292 e. The van der Waals surface area contributed by atoms with E-state index in [2.05, 4.69) is 26.7 Å². The molecule has 1 aliphatic heterocycles. The molecule has 5 nitrogen and oxygen atoms in total. The Kier molecular flexibility index (Phi) is 6.74. The molecule has 0 radical (unpaired) electrons. The second-order valence-electron chi connectivity index (χ2n) is 7.72. The number of pyridine rings is 1. The highest BCUT2D eigenvalue weighted by Crippen LogP contribution is 2.34. The molecule has 1 atom stereocenters. The van der Waals surface area contributed by atoms with Gasteiger partial charge in [-0.15, -0.1) is 0 Å². The summed E-state index contributed by atoms with van der Waals surface area (Å²) in [6.45, 7) is 1.23. The van der Waals surface area contributed by atoms with Crippen molar-refractivity contribution in [2.75, 3.05) is 11.3 Å². The van der Waals surface area contributed by atoms with E-state index >= 15 is 0 Å². The lowest BCUT2D eigenvalue weighted by molar-refractivity contribution is 0.140. The summed E-state index contributed by atoms with van der Waals surface area (Å²) < 4.78 is 55.5. The van der Waals surface area contributed by atoms with Crippen LogP contribution in [-0.4, -0.2) is 24.8 Å². The van der Waals surface area contributed by atoms with Gasteiger partial charge in [0.15, 0.2) is 0 Å². The van der Waals surface area contributed by atoms with Crippen molar-refractivity contribution < 1.29 is 17.2 Å². The van der Waals surface area contributed by atoms with Crippen LogP contribution in [0.1, 0.15) is 36.4 Å². The van der Waals surface area contributed by atoms with E-state index in [1.807, 2.05) is 18.2 Å². The number of likely N-dealkylation sites (tertiary alicyclic amines) is 1. The number of piperidine rings is 1. The Morgan fingerprint density at radius 2 is 1.84 bits per heavy atom. The van der Waals surface area contributed by atoms with Crippen molar-refractivity contribution in [1.29, 1.82) is 0 Å². The van der Waals surface area contributed by atoms with E-state index in [4.69, 9.17) is 11.6 Å². The van der Waals surface area contributed by atoms with E-state index < -0.39 is 26.7 Å². The zero-order valence-electron chi connectivity index (χ0n) is 17.1. The zero-order chi connectivity index (χ0) is 22.7. The minimum atomic E-state index is -4.34. The first-order valence-corrected chi connectivity index (χ1v) is 12.1. The highest BCUT2D eigenvalue weighted by atomic mass is 35.5. The van der Waals surface area contributed by atoms with Crippen LogP contribution in [0.5, 0.6) is 0 Å². The van der Waals surface area contributed by atoms with E-state index in [9.17, 15) is 17.2 Å². The van der Waals surface area contributed by atoms with Crippen LogP contribution >= 0.6 is 11.6 Å². The Labute approximate surface area is 191 Å². The molecule has 0 amide bonds. The molecule has 4 rings (SSSR count). The van der Waals surface area contributed by atoms with Crippen LogP contribution in [0.2, 0.25) is 5.02 Å². The first kappa shape index (κ1) is 22.6. The van der Waals surface area contributed by atoms with Crippen LogP contribution < -0.4 is 4.72 Å². The fourth-order valence-corrected chi connectivity index (χ4v) is 5.38. The molecule has 9 heteroatoms. The maximum absolute atomic E-state index is 14.9. The van der Waals surface area contributed by atoms with Gasteiger partial charge in [0.25, 0.3) is 10.0 Å². The second kappa shape index (κ2) is 9.52. The molecule has 0 spiro atoms. The van der Waals surface area contributed by atoms with Crippen LogP contribution in [0.4, 0.5) is 14.6 Å². The number of hydrogen-bond donors (Lipinski definition) is 1. The minimum Gasteiger partial charge on any atom is -0.292 e. The van der Waals surface area contributed by atoms with Crippen molar-refractivity contribution in [3.63, 3.8) is 0 Å². The summed E-state index contributed by atoms with van der Waals surface area (Å²) in [5.74, 6) is -2.03. The third-order valence-electron chi connectivity index (χ3n) is 5.52. The maximum atomic E-state index is 14.9. The van der Waals surface area contributed by atoms with Gasteiger partial charge in [0.05, 0.1) is 0 Å². The third kappa shape index (κ3) is 5.09. The number of hydrogen-bond acceptors (Lipinski definition) is 4. The Balaban J connectivity index is 1.58. The number of sulfonamides is 1. The molecule has 2 heterocycles. The van der Waals surface area contributed by atoms with E-state index in [-0.39, 0.29) is 16.9 Å². The average Bonchev–Trinajstić information content (AvgIpc) is 2.76. The lowest BCUT2D eigenvalue weighted by Gasteiger charge is -2.36. The first-order chi connectivity index (χ1) is 15.3. The van der Waals surface area contributed by atoms with Crippen LogP contribution in [-0.2, 0) is 16.6 Å². The number of nitrogens with zero attached hydrogens (tertiary/aromatic N) is 2. The topological polar surface area (TPSA) is 62.3 Å². The van der Waals surface area contributed by atoms with Gasteiger partial charge in [0, 0.05) is 17.6 Å². The first-order valence-electron chi connectivity index (χ1n) is 10.3. The highest BCUT2D eigenvalue weighted by molar-refractivity contribution is 7.92. The van der Waals surface area contributed by atoms with Crippen LogP contribution in [0, 0.1) is 11.8 Å². The summed E-state index contributed by atoms with van der Waals surface area (Å²) >= 11 is 6.39. The molecule has 1 aliphatic rings. The Bertz CT molecular complexity index is 1210. The van der Waals surface area contributed by atoms with Gasteiger partial charge in [0.2, 0.25) is 5.95 Å². The average molecular weight is 478 g/mol. The van der Waals surface area contributed by atoms with Crippen molar-refractivity contribution in [1.82, 2.24) is 9.88 Å². The second-order valence-corrected chi connectivity index (χ2v) is 9.78. The van der Waals surface area contributed by atoms with Gasteiger partial charge in [-0.25, -0.2) is 17.8 Å². The van der Waals surface area contributed by atoms with Crippen molar-refractivity contribution in [2.45, 2.75) is 36.7 Å². The SMILES string of the molecule is O=S(=O)(Nc1cccc(F)n1)c1cc(Cl)c(CN2CCCC[C@@H]2c2ccccc2)cc1F. The molecule has 1 saturated heterocycles. The van der Waals surface area contributed by atoms with Gasteiger partial charge in [-0.2, -0.15) is 4.39 Å². The number of halogens is 3. The van der Waals surface area contributed by atoms with Crippen molar-refractivity contribution in [3.8, 4) is 0 Å². The predicted molar refractivity (Wildman–Crippen MR) is 120 cm³/mol. The Morgan fingerprint density at radius 3 is 2.59 bits per heavy atom. The molecule has 1 N–H and O–H groups in total. The van der Waals surface area contributed by atoms with Crippen LogP contribution in [0.3, 0.4) is 0 Å². The summed E-state index contributed by atoms with van der Waals surface area (Å²) in [6, 6.07) is 16.2. The fraction of sp³-hybridized carbons (Fsp3) is 0.261. The van der Waals surface area contributed by atoms with Crippen molar-refractivity contribution >= 4 is 27.4 Å².